The molecule has 5 heteroatoms. The van der Waals surface area contributed by atoms with Gasteiger partial charge in [0.25, 0.3) is 0 Å². The second-order valence-electron chi connectivity index (χ2n) is 13.2. The summed E-state index contributed by atoms with van der Waals surface area (Å²) < 4.78 is 11.3. The average molecular weight is 654 g/mol. The van der Waals surface area contributed by atoms with Crippen molar-refractivity contribution in [1.29, 1.82) is 0 Å². The molecule has 0 spiro atoms. The summed E-state index contributed by atoms with van der Waals surface area (Å²) in [7, 11) is 3.63. The van der Waals surface area contributed by atoms with E-state index in [1.807, 2.05) is 24.3 Å². The molecule has 0 amide bonds. The molecule has 0 fully saturated rings. The average Bonchev–Trinajstić information content (AvgIpc) is 3.29. The van der Waals surface area contributed by atoms with Gasteiger partial charge in [0.05, 0.1) is 6.04 Å². The van der Waals surface area contributed by atoms with Crippen molar-refractivity contribution >= 4 is 5.97 Å². The molecule has 5 aromatic carbocycles. The molecule has 1 N–H and O–H groups in total. The molecule has 5 nitrogen and oxygen atoms in total. The number of hydrogen-bond donors (Lipinski definition) is 1. The van der Waals surface area contributed by atoms with Crippen LogP contribution in [0.25, 0.3) is 0 Å². The molecule has 5 aromatic rings. The second-order valence-corrected chi connectivity index (χ2v) is 13.2. The number of rotatable bonds is 15. The van der Waals surface area contributed by atoms with E-state index >= 15 is 0 Å². The molecule has 1 atom stereocenters. The number of methoxy groups -OCH3 is 1. The van der Waals surface area contributed by atoms with Gasteiger partial charge in [-0.05, 0) is 108 Å². The fraction of sp³-hybridized carbons (Fsp3) is 0.295. The lowest BCUT2D eigenvalue weighted by atomic mass is 9.90. The summed E-state index contributed by atoms with van der Waals surface area (Å²) in [5, 5.41) is 9.31. The fourth-order valence-electron chi connectivity index (χ4n) is 7.02. The number of aliphatic carboxylic acids is 1. The Bertz CT molecular complexity index is 1710. The highest BCUT2D eigenvalue weighted by molar-refractivity contribution is 5.72. The monoisotopic (exact) mass is 653 g/mol. The SMILES string of the molecule is COC(Cc1ccc(OCCN(C)C2c3ccc(CCc4ccccc4)cc3CCc3cc(CCc4ccccc4)ccc32)cc1)C(=O)O. The highest BCUT2D eigenvalue weighted by Crippen LogP contribution is 2.37. The van der Waals surface area contributed by atoms with Gasteiger partial charge in [0, 0.05) is 20.1 Å². The predicted molar refractivity (Wildman–Crippen MR) is 197 cm³/mol. The van der Waals surface area contributed by atoms with Crippen molar-refractivity contribution in [3.63, 3.8) is 0 Å². The molecule has 0 aromatic heterocycles. The molecule has 0 radical (unpaired) electrons. The maximum absolute atomic E-state index is 11.4. The van der Waals surface area contributed by atoms with Crippen LogP contribution in [0.3, 0.4) is 0 Å². The van der Waals surface area contributed by atoms with Crippen molar-refractivity contribution in [2.24, 2.45) is 0 Å². The Morgan fingerprint density at radius 1 is 0.694 bits per heavy atom. The van der Waals surface area contributed by atoms with Crippen LogP contribution in [0.2, 0.25) is 0 Å². The van der Waals surface area contributed by atoms with Crippen LogP contribution < -0.4 is 4.74 Å². The van der Waals surface area contributed by atoms with Crippen LogP contribution in [-0.4, -0.2) is 49.4 Å². The number of carbonyl (C=O) groups is 1. The first-order valence-electron chi connectivity index (χ1n) is 17.5. The van der Waals surface area contributed by atoms with E-state index in [1.54, 1.807) is 0 Å². The van der Waals surface area contributed by atoms with Gasteiger partial charge < -0.3 is 14.6 Å². The first kappa shape index (κ1) is 34.2. The molecule has 252 valence electrons. The van der Waals surface area contributed by atoms with Crippen molar-refractivity contribution in [3.05, 3.63) is 171 Å². The minimum atomic E-state index is -0.959. The van der Waals surface area contributed by atoms with Gasteiger partial charge in [0.2, 0.25) is 0 Å². The van der Waals surface area contributed by atoms with Gasteiger partial charge in [-0.1, -0.05) is 109 Å². The first-order chi connectivity index (χ1) is 24.0. The predicted octanol–water partition coefficient (Wildman–Crippen LogP) is 8.10. The highest BCUT2D eigenvalue weighted by atomic mass is 16.5. The Kier molecular flexibility index (Phi) is 11.6. The van der Waals surface area contributed by atoms with Gasteiger partial charge in [-0.3, -0.25) is 4.90 Å². The second kappa shape index (κ2) is 16.6. The zero-order chi connectivity index (χ0) is 34.0. The summed E-state index contributed by atoms with van der Waals surface area (Å²) in [6, 6.07) is 43.6. The largest absolute Gasteiger partial charge is 0.492 e. The van der Waals surface area contributed by atoms with E-state index in [0.717, 1.165) is 56.4 Å². The van der Waals surface area contributed by atoms with Crippen LogP contribution in [-0.2, 0) is 54.5 Å². The first-order valence-corrected chi connectivity index (χ1v) is 17.5. The van der Waals surface area contributed by atoms with Gasteiger partial charge in [0.1, 0.15) is 12.4 Å². The molecule has 0 saturated carbocycles. The van der Waals surface area contributed by atoms with Gasteiger partial charge in [-0.25, -0.2) is 4.79 Å². The van der Waals surface area contributed by atoms with Crippen LogP contribution in [0.5, 0.6) is 5.75 Å². The van der Waals surface area contributed by atoms with E-state index in [1.165, 1.54) is 51.6 Å². The fourth-order valence-corrected chi connectivity index (χ4v) is 7.02. The van der Waals surface area contributed by atoms with Crippen molar-refractivity contribution in [3.8, 4) is 5.75 Å². The highest BCUT2D eigenvalue weighted by Gasteiger charge is 2.27. The maximum Gasteiger partial charge on any atom is 0.333 e. The van der Waals surface area contributed by atoms with Crippen LogP contribution in [0.1, 0.15) is 56.1 Å². The van der Waals surface area contributed by atoms with Gasteiger partial charge in [-0.15, -0.1) is 0 Å². The number of aryl methyl sites for hydroxylation is 6. The summed E-state index contributed by atoms with van der Waals surface area (Å²) in [6.07, 6.45) is 5.66. The minimum absolute atomic E-state index is 0.131. The summed E-state index contributed by atoms with van der Waals surface area (Å²) in [5.74, 6) is -0.187. The number of carboxylic acids is 1. The Balaban J connectivity index is 1.18. The van der Waals surface area contributed by atoms with Crippen LogP contribution in [0.4, 0.5) is 0 Å². The van der Waals surface area contributed by atoms with Gasteiger partial charge in [-0.2, -0.15) is 0 Å². The molecule has 1 aliphatic rings. The van der Waals surface area contributed by atoms with Crippen molar-refractivity contribution in [2.45, 2.75) is 57.1 Å². The molecule has 0 bridgehead atoms. The molecule has 0 heterocycles. The Hall–Kier alpha value is -4.71. The number of benzene rings is 5. The minimum Gasteiger partial charge on any atom is -0.492 e. The summed E-state index contributed by atoms with van der Waals surface area (Å²) in [6.45, 7) is 1.29. The quantitative estimate of drug-likeness (QED) is 0.124. The van der Waals surface area contributed by atoms with Crippen LogP contribution in [0, 0.1) is 0 Å². The van der Waals surface area contributed by atoms with Crippen LogP contribution in [0.15, 0.2) is 121 Å². The number of carboxylic acid groups (broad SMARTS) is 1. The summed E-state index contributed by atoms with van der Waals surface area (Å²) >= 11 is 0. The third-order valence-electron chi connectivity index (χ3n) is 9.82. The topological polar surface area (TPSA) is 59.0 Å². The standard InChI is InChI=1S/C44H47NO4/c1-45(27-28-49-39-23-17-36(18-24-39)31-42(48-2)44(46)47)43-40-25-19-34(15-13-32-9-5-3-6-10-32)29-37(40)21-22-38-30-35(20-26-41(38)43)16-14-33-11-7-4-8-12-33/h3-12,17-20,23-26,29-30,42-43H,13-16,21-22,27-28,31H2,1-2H3,(H,46,47). The lowest BCUT2D eigenvalue weighted by Crippen LogP contribution is -2.30. The number of ether oxygens (including phenoxy) is 2. The zero-order valence-electron chi connectivity index (χ0n) is 28.7. The lowest BCUT2D eigenvalue weighted by Gasteiger charge is -2.31. The van der Waals surface area contributed by atoms with E-state index in [0.29, 0.717) is 13.0 Å². The molecule has 49 heavy (non-hydrogen) atoms. The van der Waals surface area contributed by atoms with Crippen molar-refractivity contribution < 1.29 is 19.4 Å². The Morgan fingerprint density at radius 2 is 1.18 bits per heavy atom. The summed E-state index contributed by atoms with van der Waals surface area (Å²) in [5.41, 5.74) is 12.1. The Morgan fingerprint density at radius 3 is 1.67 bits per heavy atom. The summed E-state index contributed by atoms with van der Waals surface area (Å²) in [4.78, 5) is 13.8. The third-order valence-corrected chi connectivity index (χ3v) is 9.82. The molecule has 6 rings (SSSR count). The molecular formula is C44H47NO4. The smallest absolute Gasteiger partial charge is 0.333 e. The van der Waals surface area contributed by atoms with Crippen molar-refractivity contribution in [1.82, 2.24) is 4.90 Å². The number of fused-ring (bicyclic) bond motifs is 2. The zero-order valence-corrected chi connectivity index (χ0v) is 28.7. The van der Waals surface area contributed by atoms with E-state index in [2.05, 4.69) is 109 Å². The normalized spacial score (nSPS) is 13.4. The molecule has 0 aliphatic heterocycles. The number of nitrogens with zero attached hydrogens (tertiary/aromatic N) is 1. The maximum atomic E-state index is 11.4. The van der Waals surface area contributed by atoms with E-state index < -0.39 is 12.1 Å². The van der Waals surface area contributed by atoms with Gasteiger partial charge >= 0.3 is 5.97 Å². The van der Waals surface area contributed by atoms with Gasteiger partial charge in [0.15, 0.2) is 6.10 Å². The van der Waals surface area contributed by atoms with Crippen LogP contribution >= 0.6 is 0 Å². The lowest BCUT2D eigenvalue weighted by molar-refractivity contribution is -0.148. The molecular weight excluding hydrogens is 606 g/mol. The van der Waals surface area contributed by atoms with E-state index in [4.69, 9.17) is 9.47 Å². The molecule has 0 saturated heterocycles. The van der Waals surface area contributed by atoms with E-state index in [-0.39, 0.29) is 6.04 Å². The molecule has 1 aliphatic carbocycles. The number of hydrogen-bond acceptors (Lipinski definition) is 4. The third kappa shape index (κ3) is 9.05. The van der Waals surface area contributed by atoms with Crippen molar-refractivity contribution in [2.75, 3.05) is 27.3 Å². The molecule has 1 unspecified atom stereocenters. The number of likely N-dealkylation sites (N-methyl/N-ethyl adjacent to an activating group) is 1. The van der Waals surface area contributed by atoms with E-state index in [9.17, 15) is 9.90 Å². The Labute approximate surface area is 291 Å².